The van der Waals surface area contributed by atoms with Gasteiger partial charge in [0, 0.05) is 12.6 Å². The molecular weight excluding hydrogens is 342 g/mol. The summed E-state index contributed by atoms with van der Waals surface area (Å²) in [6, 6.07) is 11.5. The molecule has 1 unspecified atom stereocenters. The van der Waals surface area contributed by atoms with E-state index in [4.69, 9.17) is 4.74 Å². The van der Waals surface area contributed by atoms with Crippen LogP contribution in [0.2, 0.25) is 0 Å². The minimum Gasteiger partial charge on any atom is -0.496 e. The minimum absolute atomic E-state index is 0.0655. The van der Waals surface area contributed by atoms with Gasteiger partial charge in [0.05, 0.1) is 7.11 Å². The molecule has 3 rings (SSSR count). The van der Waals surface area contributed by atoms with Crippen LogP contribution in [-0.2, 0) is 16.4 Å². The van der Waals surface area contributed by atoms with Crippen LogP contribution in [0.5, 0.6) is 5.75 Å². The number of ether oxygens (including phenoxy) is 1. The Morgan fingerprint density at radius 2 is 2.04 bits per heavy atom. The van der Waals surface area contributed by atoms with Crippen LogP contribution in [0.1, 0.15) is 31.2 Å². The van der Waals surface area contributed by atoms with Crippen molar-refractivity contribution in [2.45, 2.75) is 42.4 Å². The highest BCUT2D eigenvalue weighted by molar-refractivity contribution is 7.91. The molecule has 4 nitrogen and oxygen atoms in total. The van der Waals surface area contributed by atoms with Gasteiger partial charge in [0.15, 0.2) is 0 Å². The Morgan fingerprint density at radius 1 is 1.21 bits per heavy atom. The van der Waals surface area contributed by atoms with E-state index in [0.717, 1.165) is 43.4 Å². The van der Waals surface area contributed by atoms with Gasteiger partial charge in [-0.2, -0.15) is 4.31 Å². The predicted molar refractivity (Wildman–Crippen MR) is 97.2 cm³/mol. The average Bonchev–Trinajstić information content (AvgIpc) is 3.16. The molecule has 0 spiro atoms. The van der Waals surface area contributed by atoms with Crippen molar-refractivity contribution in [3.8, 4) is 5.75 Å². The summed E-state index contributed by atoms with van der Waals surface area (Å²) in [7, 11) is -1.69. The van der Waals surface area contributed by atoms with Crippen molar-refractivity contribution in [2.75, 3.05) is 13.7 Å². The van der Waals surface area contributed by atoms with Gasteiger partial charge in [-0.1, -0.05) is 30.7 Å². The molecule has 0 bridgehead atoms. The van der Waals surface area contributed by atoms with Crippen LogP contribution in [0.25, 0.3) is 0 Å². The number of aryl methyl sites for hydroxylation is 1. The van der Waals surface area contributed by atoms with E-state index in [1.807, 2.05) is 23.6 Å². The van der Waals surface area contributed by atoms with E-state index in [9.17, 15) is 8.42 Å². The van der Waals surface area contributed by atoms with Gasteiger partial charge in [-0.15, -0.1) is 11.3 Å². The van der Waals surface area contributed by atoms with Crippen LogP contribution >= 0.6 is 11.3 Å². The van der Waals surface area contributed by atoms with Crippen LogP contribution < -0.4 is 4.74 Å². The number of para-hydroxylation sites is 1. The van der Waals surface area contributed by atoms with Gasteiger partial charge in [0.2, 0.25) is 0 Å². The maximum absolute atomic E-state index is 12.9. The first kappa shape index (κ1) is 17.5. The standard InChI is InChI=1S/C18H23NO3S2/c1-22-17-9-3-2-7-15(17)11-12-16-8-4-5-13-19(16)24(20,21)18-10-6-14-23-18/h2-3,6-7,9-10,14,16H,4-5,8,11-13H2,1H3. The monoisotopic (exact) mass is 365 g/mol. The van der Waals surface area contributed by atoms with Gasteiger partial charge in [-0.25, -0.2) is 8.42 Å². The Kier molecular flexibility index (Phi) is 5.58. The lowest BCUT2D eigenvalue weighted by atomic mass is 9.97. The third-order valence-electron chi connectivity index (χ3n) is 4.57. The molecule has 1 saturated heterocycles. The number of thiophene rings is 1. The fourth-order valence-electron chi connectivity index (χ4n) is 3.34. The summed E-state index contributed by atoms with van der Waals surface area (Å²) in [6.45, 7) is 0.622. The number of hydrogen-bond acceptors (Lipinski definition) is 4. The average molecular weight is 366 g/mol. The van der Waals surface area contributed by atoms with Crippen LogP contribution in [0.3, 0.4) is 0 Å². The molecule has 1 aromatic carbocycles. The molecule has 24 heavy (non-hydrogen) atoms. The molecule has 1 aliphatic rings. The van der Waals surface area contributed by atoms with Crippen molar-refractivity contribution in [1.29, 1.82) is 0 Å². The zero-order valence-corrected chi connectivity index (χ0v) is 15.5. The highest BCUT2D eigenvalue weighted by atomic mass is 32.2. The Hall–Kier alpha value is -1.37. The van der Waals surface area contributed by atoms with Crippen molar-refractivity contribution in [3.05, 3.63) is 47.3 Å². The second kappa shape index (κ2) is 7.68. The maximum atomic E-state index is 12.9. The molecule has 6 heteroatoms. The molecule has 0 amide bonds. The number of hydrogen-bond donors (Lipinski definition) is 0. The highest BCUT2D eigenvalue weighted by Crippen LogP contribution is 2.30. The molecule has 1 aliphatic heterocycles. The zero-order valence-electron chi connectivity index (χ0n) is 13.8. The molecule has 0 aliphatic carbocycles. The van der Waals surface area contributed by atoms with Crippen molar-refractivity contribution >= 4 is 21.4 Å². The van der Waals surface area contributed by atoms with Crippen LogP contribution in [0.4, 0.5) is 0 Å². The Labute approximate surface area is 148 Å². The third kappa shape index (κ3) is 3.66. The van der Waals surface area contributed by atoms with Crippen molar-refractivity contribution in [2.24, 2.45) is 0 Å². The number of piperidine rings is 1. The lowest BCUT2D eigenvalue weighted by molar-refractivity contribution is 0.241. The molecule has 1 fully saturated rings. The minimum atomic E-state index is -3.37. The number of benzene rings is 1. The summed E-state index contributed by atoms with van der Waals surface area (Å²) < 4.78 is 33.4. The number of rotatable bonds is 6. The van der Waals surface area contributed by atoms with Crippen LogP contribution in [-0.4, -0.2) is 32.4 Å². The van der Waals surface area contributed by atoms with E-state index in [1.165, 1.54) is 11.3 Å². The molecule has 0 N–H and O–H groups in total. The van der Waals surface area contributed by atoms with Crippen molar-refractivity contribution in [1.82, 2.24) is 4.31 Å². The van der Waals surface area contributed by atoms with Crippen LogP contribution in [0, 0.1) is 0 Å². The topological polar surface area (TPSA) is 46.6 Å². The first-order valence-electron chi connectivity index (χ1n) is 8.30. The van der Waals surface area contributed by atoms with E-state index < -0.39 is 10.0 Å². The molecule has 2 aromatic rings. The summed E-state index contributed by atoms with van der Waals surface area (Å²) in [6.07, 6.45) is 4.61. The van der Waals surface area contributed by atoms with Gasteiger partial charge in [-0.3, -0.25) is 0 Å². The molecular formula is C18H23NO3S2. The first-order chi connectivity index (χ1) is 11.6. The van der Waals surface area contributed by atoms with E-state index in [-0.39, 0.29) is 6.04 Å². The predicted octanol–water partition coefficient (Wildman–Crippen LogP) is 3.93. The lowest BCUT2D eigenvalue weighted by Crippen LogP contribution is -2.43. The lowest BCUT2D eigenvalue weighted by Gasteiger charge is -2.34. The smallest absolute Gasteiger partial charge is 0.252 e. The van der Waals surface area contributed by atoms with Gasteiger partial charge in [0.1, 0.15) is 9.96 Å². The van der Waals surface area contributed by atoms with E-state index in [1.54, 1.807) is 23.5 Å². The largest absolute Gasteiger partial charge is 0.496 e. The van der Waals surface area contributed by atoms with Crippen molar-refractivity contribution < 1.29 is 13.2 Å². The highest BCUT2D eigenvalue weighted by Gasteiger charge is 2.33. The van der Waals surface area contributed by atoms with E-state index in [0.29, 0.717) is 10.8 Å². The van der Waals surface area contributed by atoms with Gasteiger partial charge in [-0.05, 0) is 48.8 Å². The third-order valence-corrected chi connectivity index (χ3v) is 7.90. The number of methoxy groups -OCH3 is 1. The Balaban J connectivity index is 1.76. The maximum Gasteiger partial charge on any atom is 0.252 e. The summed E-state index contributed by atoms with van der Waals surface area (Å²) in [5.74, 6) is 0.876. The van der Waals surface area contributed by atoms with Crippen molar-refractivity contribution in [3.63, 3.8) is 0 Å². The number of nitrogens with zero attached hydrogens (tertiary/aromatic N) is 1. The summed E-state index contributed by atoms with van der Waals surface area (Å²) in [5.41, 5.74) is 1.14. The molecule has 1 aromatic heterocycles. The molecule has 0 saturated carbocycles. The van der Waals surface area contributed by atoms with Crippen LogP contribution in [0.15, 0.2) is 46.0 Å². The Morgan fingerprint density at radius 3 is 2.79 bits per heavy atom. The molecule has 2 heterocycles. The fraction of sp³-hybridized carbons (Fsp3) is 0.444. The Bertz CT molecular complexity index is 756. The summed E-state index contributed by atoms with van der Waals surface area (Å²) >= 11 is 1.30. The molecule has 130 valence electrons. The van der Waals surface area contributed by atoms with E-state index >= 15 is 0 Å². The van der Waals surface area contributed by atoms with Gasteiger partial charge >= 0.3 is 0 Å². The molecule has 0 radical (unpaired) electrons. The van der Waals surface area contributed by atoms with E-state index in [2.05, 4.69) is 6.07 Å². The number of sulfonamides is 1. The second-order valence-electron chi connectivity index (χ2n) is 6.05. The zero-order chi connectivity index (χ0) is 17.0. The fourth-order valence-corrected chi connectivity index (χ4v) is 6.18. The summed E-state index contributed by atoms with van der Waals surface area (Å²) in [5, 5.41) is 1.82. The quantitative estimate of drug-likeness (QED) is 0.779. The normalized spacial score (nSPS) is 19.3. The first-order valence-corrected chi connectivity index (χ1v) is 10.6. The molecule has 1 atom stereocenters. The second-order valence-corrected chi connectivity index (χ2v) is 9.11. The summed E-state index contributed by atoms with van der Waals surface area (Å²) in [4.78, 5) is 0. The SMILES string of the molecule is COc1ccccc1CCC1CCCCN1S(=O)(=O)c1cccs1. The van der Waals surface area contributed by atoms with Gasteiger partial charge in [0.25, 0.3) is 10.0 Å². The van der Waals surface area contributed by atoms with Gasteiger partial charge < -0.3 is 4.74 Å².